The van der Waals surface area contributed by atoms with Crippen molar-refractivity contribution in [2.24, 2.45) is 5.10 Å². The SMILES string of the molecule is CCCCC(=O)N/N=C/c1c[nH]c2ccc(Br)cc12. The van der Waals surface area contributed by atoms with Crippen LogP contribution in [0, 0.1) is 0 Å². The molecule has 1 aromatic heterocycles. The van der Waals surface area contributed by atoms with Gasteiger partial charge in [-0.25, -0.2) is 5.43 Å². The van der Waals surface area contributed by atoms with Gasteiger partial charge in [-0.2, -0.15) is 5.10 Å². The smallest absolute Gasteiger partial charge is 0.240 e. The second kappa shape index (κ2) is 6.52. The standard InChI is InChI=1S/C14H16BrN3O/c1-2-3-4-14(19)18-17-9-10-8-16-13-6-5-11(15)7-12(10)13/h5-9,16H,2-4H2,1H3,(H,18,19)/b17-9+. The van der Waals surface area contributed by atoms with Gasteiger partial charge >= 0.3 is 0 Å². The molecule has 2 aromatic rings. The van der Waals surface area contributed by atoms with Gasteiger partial charge in [-0.3, -0.25) is 4.79 Å². The third-order valence-corrected chi connectivity index (χ3v) is 3.32. The Balaban J connectivity index is 2.05. The summed E-state index contributed by atoms with van der Waals surface area (Å²) < 4.78 is 1.02. The summed E-state index contributed by atoms with van der Waals surface area (Å²) in [6.45, 7) is 2.06. The van der Waals surface area contributed by atoms with E-state index in [1.54, 1.807) is 6.21 Å². The Hall–Kier alpha value is -1.62. The summed E-state index contributed by atoms with van der Waals surface area (Å²) in [4.78, 5) is 14.6. The van der Waals surface area contributed by atoms with Gasteiger partial charge in [-0.15, -0.1) is 0 Å². The number of H-pyrrole nitrogens is 1. The highest BCUT2D eigenvalue weighted by Gasteiger charge is 2.02. The molecule has 0 unspecified atom stereocenters. The summed E-state index contributed by atoms with van der Waals surface area (Å²) in [7, 11) is 0. The molecule has 0 bridgehead atoms. The summed E-state index contributed by atoms with van der Waals surface area (Å²) in [6.07, 6.45) is 5.95. The average Bonchev–Trinajstić information content (AvgIpc) is 2.79. The van der Waals surface area contributed by atoms with E-state index in [1.165, 1.54) is 0 Å². The number of nitrogens with zero attached hydrogens (tertiary/aromatic N) is 1. The van der Waals surface area contributed by atoms with Gasteiger partial charge in [0.15, 0.2) is 0 Å². The Morgan fingerprint density at radius 1 is 1.53 bits per heavy atom. The number of fused-ring (bicyclic) bond motifs is 1. The van der Waals surface area contributed by atoms with Crippen LogP contribution < -0.4 is 5.43 Å². The molecule has 0 spiro atoms. The molecule has 2 N–H and O–H groups in total. The maximum absolute atomic E-state index is 11.4. The number of rotatable bonds is 5. The molecule has 1 amide bonds. The number of nitrogens with one attached hydrogen (secondary N) is 2. The molecule has 19 heavy (non-hydrogen) atoms. The Morgan fingerprint density at radius 3 is 3.16 bits per heavy atom. The number of hydrogen-bond donors (Lipinski definition) is 2. The predicted molar refractivity (Wildman–Crippen MR) is 81.3 cm³/mol. The number of hydrogen-bond acceptors (Lipinski definition) is 2. The lowest BCUT2D eigenvalue weighted by Crippen LogP contribution is -2.16. The molecule has 0 aliphatic rings. The van der Waals surface area contributed by atoms with Crippen LogP contribution in [0.3, 0.4) is 0 Å². The molecule has 4 nitrogen and oxygen atoms in total. The molecular weight excluding hydrogens is 306 g/mol. The second-order valence-electron chi connectivity index (χ2n) is 4.33. The molecule has 0 aliphatic carbocycles. The van der Waals surface area contributed by atoms with Gasteiger partial charge in [-0.05, 0) is 24.6 Å². The minimum atomic E-state index is -0.0425. The molecule has 5 heteroatoms. The van der Waals surface area contributed by atoms with E-state index in [0.717, 1.165) is 33.8 Å². The van der Waals surface area contributed by atoms with Crippen LogP contribution in [-0.2, 0) is 4.79 Å². The van der Waals surface area contributed by atoms with E-state index in [0.29, 0.717) is 6.42 Å². The van der Waals surface area contributed by atoms with Crippen molar-refractivity contribution in [1.82, 2.24) is 10.4 Å². The summed E-state index contributed by atoms with van der Waals surface area (Å²) in [6, 6.07) is 5.99. The molecule has 0 aliphatic heterocycles. The third kappa shape index (κ3) is 3.67. The van der Waals surface area contributed by atoms with E-state index in [9.17, 15) is 4.79 Å². The molecule has 0 radical (unpaired) electrons. The van der Waals surface area contributed by atoms with E-state index < -0.39 is 0 Å². The number of hydrazone groups is 1. The Morgan fingerprint density at radius 2 is 2.37 bits per heavy atom. The van der Waals surface area contributed by atoms with Gasteiger partial charge in [0.25, 0.3) is 0 Å². The Kier molecular flexibility index (Phi) is 4.74. The number of halogens is 1. The fraction of sp³-hybridized carbons (Fsp3) is 0.286. The third-order valence-electron chi connectivity index (χ3n) is 2.83. The molecule has 1 heterocycles. The van der Waals surface area contributed by atoms with Crippen molar-refractivity contribution >= 4 is 39.0 Å². The number of carbonyl (C=O) groups excluding carboxylic acids is 1. The number of aromatic amines is 1. The number of aromatic nitrogens is 1. The molecule has 0 saturated carbocycles. The van der Waals surface area contributed by atoms with Crippen molar-refractivity contribution in [1.29, 1.82) is 0 Å². The number of unbranched alkanes of at least 4 members (excludes halogenated alkanes) is 1. The van der Waals surface area contributed by atoms with E-state index >= 15 is 0 Å². The quantitative estimate of drug-likeness (QED) is 0.642. The summed E-state index contributed by atoms with van der Waals surface area (Å²) in [5.74, 6) is -0.0425. The van der Waals surface area contributed by atoms with E-state index in [1.807, 2.05) is 24.4 Å². The van der Waals surface area contributed by atoms with E-state index in [-0.39, 0.29) is 5.91 Å². The van der Waals surface area contributed by atoms with E-state index in [4.69, 9.17) is 0 Å². The lowest BCUT2D eigenvalue weighted by atomic mass is 10.2. The Labute approximate surface area is 120 Å². The second-order valence-corrected chi connectivity index (χ2v) is 5.25. The molecular formula is C14H16BrN3O. The van der Waals surface area contributed by atoms with Gasteiger partial charge in [0.05, 0.1) is 6.21 Å². The fourth-order valence-electron chi connectivity index (χ4n) is 1.79. The maximum atomic E-state index is 11.4. The van der Waals surface area contributed by atoms with Crippen LogP contribution in [0.15, 0.2) is 34.0 Å². The molecule has 1 aromatic carbocycles. The average molecular weight is 322 g/mol. The van der Waals surface area contributed by atoms with E-state index in [2.05, 4.69) is 38.4 Å². The number of benzene rings is 1. The van der Waals surface area contributed by atoms with Gasteiger partial charge in [-0.1, -0.05) is 29.3 Å². The fourth-order valence-corrected chi connectivity index (χ4v) is 2.15. The van der Waals surface area contributed by atoms with Crippen LogP contribution in [0.4, 0.5) is 0 Å². The zero-order valence-corrected chi connectivity index (χ0v) is 12.3. The van der Waals surface area contributed by atoms with Crippen molar-refractivity contribution < 1.29 is 4.79 Å². The van der Waals surface area contributed by atoms with Crippen LogP contribution in [0.25, 0.3) is 10.9 Å². The van der Waals surface area contributed by atoms with Crippen LogP contribution in [0.2, 0.25) is 0 Å². The van der Waals surface area contributed by atoms with Crippen LogP contribution in [0.5, 0.6) is 0 Å². The summed E-state index contributed by atoms with van der Waals surface area (Å²) in [5.41, 5.74) is 4.53. The minimum absolute atomic E-state index is 0.0425. The molecule has 100 valence electrons. The molecule has 0 saturated heterocycles. The first-order chi connectivity index (χ1) is 9.20. The highest BCUT2D eigenvalue weighted by molar-refractivity contribution is 9.10. The van der Waals surface area contributed by atoms with Gasteiger partial charge in [0.2, 0.25) is 5.91 Å². The van der Waals surface area contributed by atoms with Crippen molar-refractivity contribution in [3.05, 3.63) is 34.4 Å². The van der Waals surface area contributed by atoms with Gasteiger partial charge < -0.3 is 4.98 Å². The van der Waals surface area contributed by atoms with Crippen LogP contribution in [-0.4, -0.2) is 17.1 Å². The summed E-state index contributed by atoms with van der Waals surface area (Å²) >= 11 is 3.44. The van der Waals surface area contributed by atoms with Crippen LogP contribution in [0.1, 0.15) is 31.7 Å². The monoisotopic (exact) mass is 321 g/mol. The first kappa shape index (κ1) is 13.8. The molecule has 0 atom stereocenters. The summed E-state index contributed by atoms with van der Waals surface area (Å²) in [5, 5.41) is 5.06. The van der Waals surface area contributed by atoms with Crippen molar-refractivity contribution in [2.75, 3.05) is 0 Å². The number of amides is 1. The first-order valence-electron chi connectivity index (χ1n) is 6.29. The zero-order chi connectivity index (χ0) is 13.7. The zero-order valence-electron chi connectivity index (χ0n) is 10.7. The minimum Gasteiger partial charge on any atom is -0.361 e. The largest absolute Gasteiger partial charge is 0.361 e. The highest BCUT2D eigenvalue weighted by atomic mass is 79.9. The lowest BCUT2D eigenvalue weighted by molar-refractivity contribution is -0.121. The highest BCUT2D eigenvalue weighted by Crippen LogP contribution is 2.21. The predicted octanol–water partition coefficient (Wildman–Crippen LogP) is 3.57. The van der Waals surface area contributed by atoms with Crippen molar-refractivity contribution in [2.45, 2.75) is 26.2 Å². The van der Waals surface area contributed by atoms with Crippen molar-refractivity contribution in [3.8, 4) is 0 Å². The van der Waals surface area contributed by atoms with Crippen molar-refractivity contribution in [3.63, 3.8) is 0 Å². The first-order valence-corrected chi connectivity index (χ1v) is 7.08. The number of carbonyl (C=O) groups is 1. The van der Waals surface area contributed by atoms with Gasteiger partial charge in [0, 0.05) is 33.6 Å². The topological polar surface area (TPSA) is 57.2 Å². The van der Waals surface area contributed by atoms with Crippen LogP contribution >= 0.6 is 15.9 Å². The molecule has 2 rings (SSSR count). The normalized spacial score (nSPS) is 11.3. The Bertz CT molecular complexity index is 604. The van der Waals surface area contributed by atoms with Gasteiger partial charge in [0.1, 0.15) is 0 Å². The lowest BCUT2D eigenvalue weighted by Gasteiger charge is -1.97. The maximum Gasteiger partial charge on any atom is 0.240 e. The molecule has 0 fully saturated rings.